The molecule has 4 rings (SSSR count). The number of aromatic nitrogens is 2. The fourth-order valence-corrected chi connectivity index (χ4v) is 3.86. The number of piperazine rings is 1. The largest absolute Gasteiger partial charge is 0.497 e. The van der Waals surface area contributed by atoms with Gasteiger partial charge in [-0.15, -0.1) is 0 Å². The SMILES string of the molecule is CCN1CCN(C(=O)c2cnc(-c3ccc(OC)cc3)nc2N2CCOCC2)CC1. The Balaban J connectivity index is 1.64. The number of carbonyl (C=O) groups excluding carboxylic acids is 1. The van der Waals surface area contributed by atoms with Gasteiger partial charge in [-0.25, -0.2) is 9.97 Å². The maximum Gasteiger partial charge on any atom is 0.259 e. The lowest BCUT2D eigenvalue weighted by atomic mass is 10.1. The highest BCUT2D eigenvalue weighted by Gasteiger charge is 2.27. The van der Waals surface area contributed by atoms with Crippen LogP contribution in [0.4, 0.5) is 5.82 Å². The molecular formula is C22H29N5O3. The summed E-state index contributed by atoms with van der Waals surface area (Å²) in [6.07, 6.45) is 1.69. The predicted molar refractivity (Wildman–Crippen MR) is 115 cm³/mol. The normalized spacial score (nSPS) is 17.8. The molecule has 0 atom stereocenters. The van der Waals surface area contributed by atoms with Crippen LogP contribution in [0.25, 0.3) is 11.4 Å². The second-order valence-corrected chi connectivity index (χ2v) is 7.49. The van der Waals surface area contributed by atoms with Gasteiger partial charge in [0.25, 0.3) is 5.91 Å². The average molecular weight is 412 g/mol. The predicted octanol–water partition coefficient (Wildman–Crippen LogP) is 1.77. The zero-order valence-corrected chi connectivity index (χ0v) is 17.7. The van der Waals surface area contributed by atoms with Gasteiger partial charge in [0, 0.05) is 51.0 Å². The fraction of sp³-hybridized carbons (Fsp3) is 0.500. The van der Waals surface area contributed by atoms with Gasteiger partial charge < -0.3 is 24.2 Å². The Kier molecular flexibility index (Phi) is 6.44. The Labute approximate surface area is 177 Å². The van der Waals surface area contributed by atoms with E-state index in [1.54, 1.807) is 13.3 Å². The van der Waals surface area contributed by atoms with E-state index in [1.807, 2.05) is 29.2 Å². The maximum absolute atomic E-state index is 13.3. The molecular weight excluding hydrogens is 382 g/mol. The molecule has 2 saturated heterocycles. The smallest absolute Gasteiger partial charge is 0.259 e. The summed E-state index contributed by atoms with van der Waals surface area (Å²) in [4.78, 5) is 29.1. The second kappa shape index (κ2) is 9.40. The van der Waals surface area contributed by atoms with Crippen molar-refractivity contribution in [2.75, 3.05) is 71.0 Å². The van der Waals surface area contributed by atoms with Crippen molar-refractivity contribution in [2.45, 2.75) is 6.92 Å². The Bertz CT molecular complexity index is 860. The number of carbonyl (C=O) groups is 1. The van der Waals surface area contributed by atoms with Crippen molar-refractivity contribution in [3.8, 4) is 17.1 Å². The summed E-state index contributed by atoms with van der Waals surface area (Å²) in [5.74, 6) is 2.09. The van der Waals surface area contributed by atoms with Crippen LogP contribution in [0.5, 0.6) is 5.75 Å². The molecule has 0 saturated carbocycles. The molecule has 8 nitrogen and oxygen atoms in total. The number of amides is 1. The summed E-state index contributed by atoms with van der Waals surface area (Å²) in [7, 11) is 1.64. The third kappa shape index (κ3) is 4.39. The summed E-state index contributed by atoms with van der Waals surface area (Å²) in [6, 6.07) is 7.64. The quantitative estimate of drug-likeness (QED) is 0.743. The number of hydrogen-bond acceptors (Lipinski definition) is 7. The Hall–Kier alpha value is -2.71. The number of rotatable bonds is 5. The van der Waals surface area contributed by atoms with E-state index in [0.717, 1.165) is 44.0 Å². The molecule has 1 amide bonds. The van der Waals surface area contributed by atoms with Crippen molar-refractivity contribution in [3.63, 3.8) is 0 Å². The van der Waals surface area contributed by atoms with Crippen molar-refractivity contribution >= 4 is 11.7 Å². The lowest BCUT2D eigenvalue weighted by molar-refractivity contribution is 0.0642. The van der Waals surface area contributed by atoms with Gasteiger partial charge in [-0.1, -0.05) is 6.92 Å². The summed E-state index contributed by atoms with van der Waals surface area (Å²) < 4.78 is 10.7. The monoisotopic (exact) mass is 411 g/mol. The van der Waals surface area contributed by atoms with Crippen molar-refractivity contribution in [2.24, 2.45) is 0 Å². The Morgan fingerprint density at radius 3 is 2.40 bits per heavy atom. The van der Waals surface area contributed by atoms with Gasteiger partial charge in [0.1, 0.15) is 17.1 Å². The molecule has 0 spiro atoms. The standard InChI is InChI=1S/C22H29N5O3/c1-3-25-8-10-27(11-9-25)22(28)19-16-23-20(17-4-6-18(29-2)7-5-17)24-21(19)26-12-14-30-15-13-26/h4-7,16H,3,8-15H2,1-2H3. The molecule has 1 aromatic carbocycles. The van der Waals surface area contributed by atoms with E-state index in [4.69, 9.17) is 14.5 Å². The van der Waals surface area contributed by atoms with Gasteiger partial charge in [-0.3, -0.25) is 4.79 Å². The molecule has 2 aliphatic heterocycles. The number of hydrogen-bond donors (Lipinski definition) is 0. The van der Waals surface area contributed by atoms with E-state index >= 15 is 0 Å². The van der Waals surface area contributed by atoms with Crippen LogP contribution in [0.1, 0.15) is 17.3 Å². The lowest BCUT2D eigenvalue weighted by Gasteiger charge is -2.35. The lowest BCUT2D eigenvalue weighted by Crippen LogP contribution is -2.49. The highest BCUT2D eigenvalue weighted by atomic mass is 16.5. The first-order valence-electron chi connectivity index (χ1n) is 10.6. The van der Waals surface area contributed by atoms with E-state index in [-0.39, 0.29) is 5.91 Å². The van der Waals surface area contributed by atoms with Crippen molar-refractivity contribution < 1.29 is 14.3 Å². The van der Waals surface area contributed by atoms with Gasteiger partial charge in [0.05, 0.1) is 20.3 Å². The van der Waals surface area contributed by atoms with Crippen LogP contribution >= 0.6 is 0 Å². The van der Waals surface area contributed by atoms with Gasteiger partial charge >= 0.3 is 0 Å². The minimum absolute atomic E-state index is 0.00789. The molecule has 1 aromatic heterocycles. The molecule has 2 fully saturated rings. The van der Waals surface area contributed by atoms with Gasteiger partial charge in [0.2, 0.25) is 0 Å². The summed E-state index contributed by atoms with van der Waals surface area (Å²) in [5, 5.41) is 0. The Morgan fingerprint density at radius 2 is 1.77 bits per heavy atom. The summed E-state index contributed by atoms with van der Waals surface area (Å²) in [6.45, 7) is 9.12. The van der Waals surface area contributed by atoms with Gasteiger partial charge in [-0.2, -0.15) is 0 Å². The molecule has 3 heterocycles. The molecule has 160 valence electrons. The second-order valence-electron chi connectivity index (χ2n) is 7.49. The van der Waals surface area contributed by atoms with E-state index in [9.17, 15) is 4.79 Å². The zero-order chi connectivity index (χ0) is 20.9. The third-order valence-corrected chi connectivity index (χ3v) is 5.76. The first-order valence-corrected chi connectivity index (χ1v) is 10.6. The highest BCUT2D eigenvalue weighted by Crippen LogP contribution is 2.26. The molecule has 30 heavy (non-hydrogen) atoms. The fourth-order valence-electron chi connectivity index (χ4n) is 3.86. The number of likely N-dealkylation sites (N-methyl/N-ethyl adjacent to an activating group) is 1. The molecule has 8 heteroatoms. The van der Waals surface area contributed by atoms with Gasteiger partial charge in [-0.05, 0) is 30.8 Å². The van der Waals surface area contributed by atoms with E-state index in [0.29, 0.717) is 43.5 Å². The molecule has 0 aliphatic carbocycles. The number of morpholine rings is 1. The Morgan fingerprint density at radius 1 is 1.07 bits per heavy atom. The molecule has 0 N–H and O–H groups in total. The van der Waals surface area contributed by atoms with Crippen molar-refractivity contribution in [1.29, 1.82) is 0 Å². The minimum atomic E-state index is 0.00789. The molecule has 0 bridgehead atoms. The minimum Gasteiger partial charge on any atom is -0.497 e. The van der Waals surface area contributed by atoms with Crippen LogP contribution in [0, 0.1) is 0 Å². The van der Waals surface area contributed by atoms with Crippen molar-refractivity contribution in [3.05, 3.63) is 36.0 Å². The first kappa shape index (κ1) is 20.6. The van der Waals surface area contributed by atoms with Crippen LogP contribution in [-0.4, -0.2) is 91.8 Å². The van der Waals surface area contributed by atoms with E-state index < -0.39 is 0 Å². The highest BCUT2D eigenvalue weighted by molar-refractivity contribution is 5.99. The van der Waals surface area contributed by atoms with Crippen molar-refractivity contribution in [1.82, 2.24) is 19.8 Å². The first-order chi connectivity index (χ1) is 14.7. The van der Waals surface area contributed by atoms with Crippen LogP contribution in [0.3, 0.4) is 0 Å². The number of nitrogens with zero attached hydrogens (tertiary/aromatic N) is 5. The van der Waals surface area contributed by atoms with Gasteiger partial charge in [0.15, 0.2) is 5.82 Å². The van der Waals surface area contributed by atoms with Crippen LogP contribution < -0.4 is 9.64 Å². The third-order valence-electron chi connectivity index (χ3n) is 5.76. The topological polar surface area (TPSA) is 71.0 Å². The molecule has 0 unspecified atom stereocenters. The number of benzene rings is 1. The average Bonchev–Trinajstić information content (AvgIpc) is 2.84. The van der Waals surface area contributed by atoms with Crippen LogP contribution in [-0.2, 0) is 4.74 Å². The maximum atomic E-state index is 13.3. The molecule has 2 aromatic rings. The number of methoxy groups -OCH3 is 1. The summed E-state index contributed by atoms with van der Waals surface area (Å²) >= 11 is 0. The van der Waals surface area contributed by atoms with E-state index in [2.05, 4.69) is 21.7 Å². The number of anilines is 1. The van der Waals surface area contributed by atoms with Crippen LogP contribution in [0.15, 0.2) is 30.5 Å². The summed E-state index contributed by atoms with van der Waals surface area (Å²) in [5.41, 5.74) is 1.46. The van der Waals surface area contributed by atoms with E-state index in [1.165, 1.54) is 0 Å². The molecule has 0 radical (unpaired) electrons. The number of ether oxygens (including phenoxy) is 2. The zero-order valence-electron chi connectivity index (χ0n) is 17.7. The van der Waals surface area contributed by atoms with Crippen LogP contribution in [0.2, 0.25) is 0 Å². The molecule has 2 aliphatic rings.